The minimum atomic E-state index is -3.72. The number of benzene rings is 2. The van der Waals surface area contributed by atoms with Crippen LogP contribution in [0.3, 0.4) is 0 Å². The van der Waals surface area contributed by atoms with Gasteiger partial charge in [-0.2, -0.15) is 5.26 Å². The van der Waals surface area contributed by atoms with Crippen LogP contribution in [0.25, 0.3) is 0 Å². The van der Waals surface area contributed by atoms with Crippen LogP contribution in [0.5, 0.6) is 0 Å². The van der Waals surface area contributed by atoms with Crippen LogP contribution in [0.4, 0.5) is 11.4 Å². The minimum Gasteiger partial charge on any atom is -0.386 e. The lowest BCUT2D eigenvalue weighted by atomic mass is 9.99. The van der Waals surface area contributed by atoms with Crippen molar-refractivity contribution in [2.24, 2.45) is 0 Å². The zero-order valence-corrected chi connectivity index (χ0v) is 14.8. The molecule has 0 saturated heterocycles. The van der Waals surface area contributed by atoms with E-state index in [2.05, 4.69) is 23.9 Å². The Hall–Kier alpha value is -2.52. The van der Waals surface area contributed by atoms with E-state index < -0.39 is 10.0 Å². The highest BCUT2D eigenvalue weighted by molar-refractivity contribution is 7.92. The molecule has 2 aromatic rings. The van der Waals surface area contributed by atoms with Gasteiger partial charge in [0.1, 0.15) is 0 Å². The molecular formula is C18H21N3O2S. The normalized spacial score (nSPS) is 12.2. The number of nitriles is 1. The fraction of sp³-hybridized carbons (Fsp3) is 0.278. The summed E-state index contributed by atoms with van der Waals surface area (Å²) in [4.78, 5) is 0.193. The molecule has 0 heterocycles. The first-order valence-corrected chi connectivity index (χ1v) is 9.24. The molecule has 5 nitrogen and oxygen atoms in total. The zero-order chi connectivity index (χ0) is 17.7. The first-order valence-electron chi connectivity index (χ1n) is 7.76. The number of nitrogens with zero attached hydrogens (tertiary/aromatic N) is 1. The Kier molecular flexibility index (Phi) is 5.47. The molecule has 2 aromatic carbocycles. The number of hydrogen-bond donors (Lipinski definition) is 2. The van der Waals surface area contributed by atoms with E-state index >= 15 is 0 Å². The molecule has 24 heavy (non-hydrogen) atoms. The van der Waals surface area contributed by atoms with Crippen LogP contribution in [0.15, 0.2) is 47.4 Å². The SMILES string of the molecule is CC[C@@H](C)c1ccc(S(=O)(=O)Nc2cc(C#N)ccc2NC)cc1. The predicted octanol–water partition coefficient (Wildman–Crippen LogP) is 3.91. The maximum Gasteiger partial charge on any atom is 0.261 e. The van der Waals surface area contributed by atoms with Crippen molar-refractivity contribution in [3.05, 3.63) is 53.6 Å². The van der Waals surface area contributed by atoms with Crippen molar-refractivity contribution in [3.63, 3.8) is 0 Å². The van der Waals surface area contributed by atoms with Gasteiger partial charge in [-0.3, -0.25) is 4.72 Å². The van der Waals surface area contributed by atoms with Gasteiger partial charge in [-0.05, 0) is 48.2 Å². The second-order valence-corrected chi connectivity index (χ2v) is 7.29. The molecule has 0 aliphatic rings. The van der Waals surface area contributed by atoms with Crippen molar-refractivity contribution in [2.45, 2.75) is 31.1 Å². The van der Waals surface area contributed by atoms with Crippen LogP contribution in [0.1, 0.15) is 37.3 Å². The Morgan fingerprint density at radius 2 is 1.79 bits per heavy atom. The van der Waals surface area contributed by atoms with Gasteiger partial charge >= 0.3 is 0 Å². The molecule has 126 valence electrons. The zero-order valence-electron chi connectivity index (χ0n) is 14.0. The Balaban J connectivity index is 2.33. The van der Waals surface area contributed by atoms with E-state index in [1.165, 1.54) is 6.07 Å². The summed E-state index contributed by atoms with van der Waals surface area (Å²) in [6.07, 6.45) is 0.997. The number of sulfonamides is 1. The average Bonchev–Trinajstić information content (AvgIpc) is 2.60. The first-order chi connectivity index (χ1) is 11.4. The van der Waals surface area contributed by atoms with Crippen molar-refractivity contribution < 1.29 is 8.42 Å². The van der Waals surface area contributed by atoms with Gasteiger partial charge in [-0.25, -0.2) is 8.42 Å². The van der Waals surface area contributed by atoms with Crippen LogP contribution in [0.2, 0.25) is 0 Å². The third-order valence-electron chi connectivity index (χ3n) is 4.03. The van der Waals surface area contributed by atoms with Gasteiger partial charge in [0, 0.05) is 7.05 Å². The van der Waals surface area contributed by atoms with Crippen LogP contribution in [0, 0.1) is 11.3 Å². The summed E-state index contributed by atoms with van der Waals surface area (Å²) in [5, 5.41) is 11.9. The van der Waals surface area contributed by atoms with E-state index in [0.717, 1.165) is 12.0 Å². The molecular weight excluding hydrogens is 322 g/mol. The van der Waals surface area contributed by atoms with Crippen LogP contribution in [-0.2, 0) is 10.0 Å². The molecule has 2 N–H and O–H groups in total. The van der Waals surface area contributed by atoms with Crippen molar-refractivity contribution in [2.75, 3.05) is 17.1 Å². The van der Waals surface area contributed by atoms with Crippen molar-refractivity contribution in [3.8, 4) is 6.07 Å². The van der Waals surface area contributed by atoms with Gasteiger partial charge in [-0.15, -0.1) is 0 Å². The maximum absolute atomic E-state index is 12.6. The Morgan fingerprint density at radius 1 is 1.12 bits per heavy atom. The second kappa shape index (κ2) is 7.37. The smallest absolute Gasteiger partial charge is 0.261 e. The van der Waals surface area contributed by atoms with Gasteiger partial charge < -0.3 is 5.32 Å². The lowest BCUT2D eigenvalue weighted by Gasteiger charge is -2.14. The van der Waals surface area contributed by atoms with Crippen LogP contribution >= 0.6 is 0 Å². The Bertz CT molecular complexity index is 853. The lowest BCUT2D eigenvalue weighted by molar-refractivity contribution is 0.601. The number of nitrogens with one attached hydrogen (secondary N) is 2. The monoisotopic (exact) mass is 343 g/mol. The topological polar surface area (TPSA) is 82.0 Å². The van der Waals surface area contributed by atoms with Crippen LogP contribution < -0.4 is 10.0 Å². The van der Waals surface area contributed by atoms with Crippen molar-refractivity contribution in [1.29, 1.82) is 5.26 Å². The molecule has 0 aliphatic carbocycles. The molecule has 0 radical (unpaired) electrons. The average molecular weight is 343 g/mol. The highest BCUT2D eigenvalue weighted by Crippen LogP contribution is 2.26. The standard InChI is InChI=1S/C18H21N3O2S/c1-4-13(2)15-6-8-16(9-7-15)24(22,23)21-18-11-14(12-19)5-10-17(18)20-3/h5-11,13,20-21H,4H2,1-3H3/t13-/m1/s1. The van der Waals surface area contributed by atoms with Gasteiger partial charge in [0.2, 0.25) is 0 Å². The van der Waals surface area contributed by atoms with E-state index in [0.29, 0.717) is 22.9 Å². The van der Waals surface area contributed by atoms with Crippen LogP contribution in [-0.4, -0.2) is 15.5 Å². The lowest BCUT2D eigenvalue weighted by Crippen LogP contribution is -2.14. The van der Waals surface area contributed by atoms with E-state index in [1.807, 2.05) is 18.2 Å². The predicted molar refractivity (Wildman–Crippen MR) is 96.7 cm³/mol. The fourth-order valence-corrected chi connectivity index (χ4v) is 3.40. The molecule has 2 rings (SSSR count). The van der Waals surface area contributed by atoms with Crippen molar-refractivity contribution in [1.82, 2.24) is 0 Å². The largest absolute Gasteiger partial charge is 0.386 e. The molecule has 0 saturated carbocycles. The Morgan fingerprint density at radius 3 is 2.33 bits per heavy atom. The van der Waals surface area contributed by atoms with Crippen molar-refractivity contribution >= 4 is 21.4 Å². The highest BCUT2D eigenvalue weighted by Gasteiger charge is 2.17. The fourth-order valence-electron chi connectivity index (χ4n) is 2.33. The summed E-state index contributed by atoms with van der Waals surface area (Å²) in [7, 11) is -2.02. The third-order valence-corrected chi connectivity index (χ3v) is 5.42. The third kappa shape index (κ3) is 3.87. The molecule has 0 fully saturated rings. The Labute approximate surface area is 143 Å². The summed E-state index contributed by atoms with van der Waals surface area (Å²) in [5.41, 5.74) is 2.45. The first kappa shape index (κ1) is 17.8. The summed E-state index contributed by atoms with van der Waals surface area (Å²) >= 11 is 0. The van der Waals surface area contributed by atoms with Gasteiger partial charge in [0.25, 0.3) is 10.0 Å². The quantitative estimate of drug-likeness (QED) is 0.833. The van der Waals surface area contributed by atoms with E-state index in [-0.39, 0.29) is 4.90 Å². The summed E-state index contributed by atoms with van der Waals surface area (Å²) < 4.78 is 27.7. The minimum absolute atomic E-state index is 0.193. The number of anilines is 2. The second-order valence-electron chi connectivity index (χ2n) is 5.61. The van der Waals surface area contributed by atoms with Gasteiger partial charge in [0.15, 0.2) is 0 Å². The van der Waals surface area contributed by atoms with E-state index in [9.17, 15) is 8.42 Å². The highest BCUT2D eigenvalue weighted by atomic mass is 32.2. The summed E-state index contributed by atoms with van der Waals surface area (Å²) in [5.74, 6) is 0.387. The summed E-state index contributed by atoms with van der Waals surface area (Å²) in [6.45, 7) is 4.20. The summed E-state index contributed by atoms with van der Waals surface area (Å²) in [6, 6.07) is 13.7. The number of rotatable bonds is 6. The molecule has 0 unspecified atom stereocenters. The van der Waals surface area contributed by atoms with E-state index in [4.69, 9.17) is 5.26 Å². The molecule has 0 spiro atoms. The van der Waals surface area contributed by atoms with Gasteiger partial charge in [0.05, 0.1) is 27.9 Å². The maximum atomic E-state index is 12.6. The molecule has 6 heteroatoms. The van der Waals surface area contributed by atoms with E-state index in [1.54, 1.807) is 31.3 Å². The molecule has 0 amide bonds. The molecule has 0 bridgehead atoms. The molecule has 0 aliphatic heterocycles. The molecule has 1 atom stereocenters. The molecule has 0 aromatic heterocycles. The number of hydrogen-bond acceptors (Lipinski definition) is 4. The van der Waals surface area contributed by atoms with Gasteiger partial charge in [-0.1, -0.05) is 26.0 Å².